The first-order valence-corrected chi connectivity index (χ1v) is 17.6. The molecule has 0 aliphatic rings. The van der Waals surface area contributed by atoms with E-state index in [9.17, 15) is 14.7 Å². The SMILES string of the molecule is CCCCCCCC(=O)OCCCCCC[N+](C)(C)CC(O)C[N+](C)(C)CCCCCCOC(=O)CCCCCCC. The van der Waals surface area contributed by atoms with Crippen molar-refractivity contribution < 1.29 is 33.1 Å². The molecule has 0 aromatic carbocycles. The topological polar surface area (TPSA) is 72.8 Å². The van der Waals surface area contributed by atoms with E-state index in [2.05, 4.69) is 42.0 Å². The predicted octanol–water partition coefficient (Wildman–Crippen LogP) is 7.43. The third-order valence-corrected chi connectivity index (χ3v) is 8.22. The van der Waals surface area contributed by atoms with Gasteiger partial charge in [-0.1, -0.05) is 65.2 Å². The van der Waals surface area contributed by atoms with Gasteiger partial charge < -0.3 is 23.5 Å². The number of nitrogens with zero attached hydrogens (tertiary/aromatic N) is 2. The van der Waals surface area contributed by atoms with Crippen LogP contribution in [0.4, 0.5) is 0 Å². The van der Waals surface area contributed by atoms with Gasteiger partial charge in [0.05, 0.1) is 54.5 Å². The molecule has 0 unspecified atom stereocenters. The minimum absolute atomic E-state index is 0.0408. The zero-order valence-electron chi connectivity index (χ0n) is 28.9. The Morgan fingerprint density at radius 3 is 1.24 bits per heavy atom. The largest absolute Gasteiger partial charge is 0.466 e. The highest BCUT2D eigenvalue weighted by Gasteiger charge is 2.26. The lowest BCUT2D eigenvalue weighted by molar-refractivity contribution is -0.914. The van der Waals surface area contributed by atoms with E-state index in [0.29, 0.717) is 26.1 Å². The van der Waals surface area contributed by atoms with E-state index >= 15 is 0 Å². The molecule has 42 heavy (non-hydrogen) atoms. The number of ether oxygens (including phenoxy) is 2. The zero-order chi connectivity index (χ0) is 31.5. The molecule has 7 heteroatoms. The lowest BCUT2D eigenvalue weighted by Gasteiger charge is -2.36. The van der Waals surface area contributed by atoms with E-state index in [1.54, 1.807) is 0 Å². The molecule has 7 nitrogen and oxygen atoms in total. The first-order chi connectivity index (χ1) is 20.0. The second-order valence-corrected chi connectivity index (χ2v) is 13.9. The molecule has 0 bridgehead atoms. The Balaban J connectivity index is 3.83. The molecule has 1 N–H and O–H groups in total. The second-order valence-electron chi connectivity index (χ2n) is 13.9. The molecule has 0 aromatic heterocycles. The van der Waals surface area contributed by atoms with Crippen molar-refractivity contribution in [2.75, 3.05) is 67.6 Å². The van der Waals surface area contributed by atoms with Crippen LogP contribution in [0.1, 0.15) is 142 Å². The van der Waals surface area contributed by atoms with Crippen LogP contribution in [-0.4, -0.2) is 99.7 Å². The summed E-state index contributed by atoms with van der Waals surface area (Å²) in [6.07, 6.45) is 20.9. The maximum atomic E-state index is 11.8. The Bertz CT molecular complexity index is 599. The summed E-state index contributed by atoms with van der Waals surface area (Å²) in [5, 5.41) is 10.8. The molecule has 0 saturated heterocycles. The normalized spacial score (nSPS) is 12.2. The summed E-state index contributed by atoms with van der Waals surface area (Å²) in [6.45, 7) is 9.12. The van der Waals surface area contributed by atoms with Gasteiger partial charge in [0.2, 0.25) is 0 Å². The van der Waals surface area contributed by atoms with Crippen LogP contribution in [0.5, 0.6) is 0 Å². The average molecular weight is 601 g/mol. The smallest absolute Gasteiger partial charge is 0.305 e. The summed E-state index contributed by atoms with van der Waals surface area (Å²) in [6, 6.07) is 0. The molecule has 0 aliphatic carbocycles. The van der Waals surface area contributed by atoms with E-state index in [1.165, 1.54) is 38.5 Å². The monoisotopic (exact) mass is 601 g/mol. The highest BCUT2D eigenvalue weighted by atomic mass is 16.5. The van der Waals surface area contributed by atoms with Crippen LogP contribution >= 0.6 is 0 Å². The van der Waals surface area contributed by atoms with Crippen LogP contribution in [0.3, 0.4) is 0 Å². The molecular formula is C35H72N2O5+2. The number of rotatable bonds is 30. The first kappa shape index (κ1) is 40.8. The van der Waals surface area contributed by atoms with Crippen molar-refractivity contribution in [2.45, 2.75) is 148 Å². The molecule has 250 valence electrons. The van der Waals surface area contributed by atoms with E-state index < -0.39 is 0 Å². The number of unbranched alkanes of at least 4 members (excludes halogenated alkanes) is 14. The summed E-state index contributed by atoms with van der Waals surface area (Å²) in [4.78, 5) is 23.6. The molecule has 0 rings (SSSR count). The molecule has 0 atom stereocenters. The number of likely N-dealkylation sites (N-methyl/N-ethyl adjacent to an activating group) is 2. The molecule has 0 amide bonds. The predicted molar refractivity (Wildman–Crippen MR) is 175 cm³/mol. The molecule has 0 aromatic rings. The fraction of sp³-hybridized carbons (Fsp3) is 0.943. The molecule has 0 fully saturated rings. The molecule has 0 spiro atoms. The van der Waals surface area contributed by atoms with Gasteiger partial charge in [0.25, 0.3) is 0 Å². The van der Waals surface area contributed by atoms with Crippen molar-refractivity contribution in [1.29, 1.82) is 0 Å². The Morgan fingerprint density at radius 1 is 0.524 bits per heavy atom. The minimum Gasteiger partial charge on any atom is -0.466 e. The number of esters is 2. The Morgan fingerprint density at radius 2 is 0.857 bits per heavy atom. The number of aliphatic hydroxyl groups is 1. The van der Waals surface area contributed by atoms with E-state index in [0.717, 1.165) is 112 Å². The molecular weight excluding hydrogens is 528 g/mol. The fourth-order valence-electron chi connectivity index (χ4n) is 5.63. The second kappa shape index (κ2) is 26.2. The van der Waals surface area contributed by atoms with Crippen LogP contribution in [0.15, 0.2) is 0 Å². The summed E-state index contributed by atoms with van der Waals surface area (Å²) in [5.74, 6) is -0.0815. The maximum absolute atomic E-state index is 11.8. The average Bonchev–Trinajstić information content (AvgIpc) is 2.91. The number of carbonyl (C=O) groups is 2. The van der Waals surface area contributed by atoms with Crippen molar-refractivity contribution in [3.63, 3.8) is 0 Å². The van der Waals surface area contributed by atoms with Crippen LogP contribution in [0, 0.1) is 0 Å². The number of hydrogen-bond acceptors (Lipinski definition) is 5. The van der Waals surface area contributed by atoms with Gasteiger partial charge in [0, 0.05) is 12.8 Å². The van der Waals surface area contributed by atoms with Gasteiger partial charge in [-0.3, -0.25) is 9.59 Å². The van der Waals surface area contributed by atoms with Gasteiger partial charge in [-0.2, -0.15) is 0 Å². The molecule has 0 radical (unpaired) electrons. The number of quaternary nitrogens is 2. The first-order valence-electron chi connectivity index (χ1n) is 17.6. The van der Waals surface area contributed by atoms with Crippen molar-refractivity contribution in [3.8, 4) is 0 Å². The van der Waals surface area contributed by atoms with Crippen molar-refractivity contribution in [1.82, 2.24) is 0 Å². The number of carbonyl (C=O) groups excluding carboxylic acids is 2. The van der Waals surface area contributed by atoms with Gasteiger partial charge in [-0.05, 0) is 64.2 Å². The van der Waals surface area contributed by atoms with E-state index in [1.807, 2.05) is 0 Å². The third kappa shape index (κ3) is 27.6. The summed E-state index contributed by atoms with van der Waals surface area (Å²) < 4.78 is 12.4. The van der Waals surface area contributed by atoms with Crippen molar-refractivity contribution in [2.24, 2.45) is 0 Å². The van der Waals surface area contributed by atoms with Gasteiger partial charge in [-0.25, -0.2) is 0 Å². The summed E-state index contributed by atoms with van der Waals surface area (Å²) in [7, 11) is 8.85. The standard InChI is InChI=1S/C35H72N2O5/c1-7-9-11-13-19-25-34(39)41-29-23-17-15-21-27-36(3,4)31-33(38)32-37(5,6)28-22-16-18-24-30-42-35(40)26-20-14-12-10-8-2/h33,38H,7-32H2,1-6H3/q+2. The third-order valence-electron chi connectivity index (χ3n) is 8.22. The van der Waals surface area contributed by atoms with Gasteiger partial charge in [0.15, 0.2) is 6.10 Å². The van der Waals surface area contributed by atoms with Crippen molar-refractivity contribution in [3.05, 3.63) is 0 Å². The van der Waals surface area contributed by atoms with E-state index in [4.69, 9.17) is 9.47 Å². The molecule has 0 aliphatic heterocycles. The lowest BCUT2D eigenvalue weighted by Crippen LogP contribution is -2.53. The Labute approximate surface area is 260 Å². The van der Waals surface area contributed by atoms with Crippen LogP contribution in [0.25, 0.3) is 0 Å². The lowest BCUT2D eigenvalue weighted by atomic mass is 10.1. The van der Waals surface area contributed by atoms with E-state index in [-0.39, 0.29) is 18.0 Å². The zero-order valence-corrected chi connectivity index (χ0v) is 28.9. The molecule has 0 saturated carbocycles. The van der Waals surface area contributed by atoms with Gasteiger partial charge >= 0.3 is 11.9 Å². The molecule has 0 heterocycles. The van der Waals surface area contributed by atoms with Crippen molar-refractivity contribution >= 4 is 11.9 Å². The maximum Gasteiger partial charge on any atom is 0.305 e. The van der Waals surface area contributed by atoms with Gasteiger partial charge in [0.1, 0.15) is 13.1 Å². The fourth-order valence-corrected chi connectivity index (χ4v) is 5.63. The Kier molecular flexibility index (Phi) is 25.5. The highest BCUT2D eigenvalue weighted by molar-refractivity contribution is 5.69. The quantitative estimate of drug-likeness (QED) is 0.0527. The van der Waals surface area contributed by atoms with Crippen LogP contribution < -0.4 is 0 Å². The van der Waals surface area contributed by atoms with Crippen LogP contribution in [0.2, 0.25) is 0 Å². The summed E-state index contributed by atoms with van der Waals surface area (Å²) in [5.41, 5.74) is 0. The minimum atomic E-state index is -0.322. The van der Waals surface area contributed by atoms with Gasteiger partial charge in [-0.15, -0.1) is 0 Å². The summed E-state index contributed by atoms with van der Waals surface area (Å²) >= 11 is 0. The highest BCUT2D eigenvalue weighted by Crippen LogP contribution is 2.12. The van der Waals surface area contributed by atoms with Crippen LogP contribution in [-0.2, 0) is 19.1 Å². The Hall–Kier alpha value is -1.18. The number of aliphatic hydroxyl groups excluding tert-OH is 1. The number of hydrogen-bond donors (Lipinski definition) is 1.